The summed E-state index contributed by atoms with van der Waals surface area (Å²) in [6.45, 7) is 12.4. The molecule has 0 radical (unpaired) electrons. The zero-order valence-corrected chi connectivity index (χ0v) is 17.5. The van der Waals surface area contributed by atoms with Gasteiger partial charge in [0, 0.05) is 18.9 Å². The lowest BCUT2D eigenvalue weighted by atomic mass is 9.82. The quantitative estimate of drug-likeness (QED) is 0.235. The molecule has 6 atom stereocenters. The van der Waals surface area contributed by atoms with E-state index < -0.39 is 47.7 Å². The van der Waals surface area contributed by atoms with Crippen LogP contribution in [0.5, 0.6) is 0 Å². The van der Waals surface area contributed by atoms with Gasteiger partial charge < -0.3 is 18.9 Å². The van der Waals surface area contributed by atoms with Crippen molar-refractivity contribution >= 4 is 17.9 Å². The van der Waals surface area contributed by atoms with Crippen LogP contribution in [0.15, 0.2) is 35.5 Å². The maximum atomic E-state index is 12.9. The van der Waals surface area contributed by atoms with Crippen LogP contribution in [0.3, 0.4) is 0 Å². The molecule has 0 amide bonds. The summed E-state index contributed by atoms with van der Waals surface area (Å²) in [7, 11) is 0. The van der Waals surface area contributed by atoms with Crippen LogP contribution in [0.1, 0.15) is 47.5 Å². The zero-order valence-electron chi connectivity index (χ0n) is 17.5. The van der Waals surface area contributed by atoms with Crippen LogP contribution >= 0.6 is 0 Å². The molecule has 0 aromatic carbocycles. The van der Waals surface area contributed by atoms with E-state index in [1.807, 2.05) is 26.0 Å². The molecule has 6 unspecified atom stereocenters. The number of rotatable bonds is 3. The predicted molar refractivity (Wildman–Crippen MR) is 104 cm³/mol. The van der Waals surface area contributed by atoms with E-state index in [1.165, 1.54) is 6.92 Å². The largest absolute Gasteiger partial charge is 0.458 e. The molecule has 0 spiro atoms. The van der Waals surface area contributed by atoms with E-state index in [-0.39, 0.29) is 11.7 Å². The van der Waals surface area contributed by atoms with Crippen LogP contribution in [-0.2, 0) is 33.3 Å². The summed E-state index contributed by atoms with van der Waals surface area (Å²) >= 11 is 0. The Morgan fingerprint density at radius 1 is 1.24 bits per heavy atom. The van der Waals surface area contributed by atoms with Gasteiger partial charge in [0.15, 0.2) is 17.8 Å². The number of carbonyl (C=O) groups is 3. The molecule has 3 aliphatic rings. The van der Waals surface area contributed by atoms with Crippen LogP contribution < -0.4 is 0 Å². The standard InChI is InChI=1S/C22H28O7/c1-11-8-7-9-12(2)18(26-15(5)23)19(28-21(25)22(6)14(4)29-22)17-13(3)20(24)27-16(17)10-11/h8-9,14,16-19H,3,7,10H2,1-2,4-6H3. The molecule has 2 saturated heterocycles. The minimum atomic E-state index is -1.05. The molecule has 2 fully saturated rings. The van der Waals surface area contributed by atoms with Gasteiger partial charge in [-0.1, -0.05) is 24.3 Å². The lowest BCUT2D eigenvalue weighted by molar-refractivity contribution is -0.173. The van der Waals surface area contributed by atoms with Crippen molar-refractivity contribution in [2.24, 2.45) is 5.92 Å². The Hall–Kier alpha value is -2.41. The van der Waals surface area contributed by atoms with E-state index in [0.717, 1.165) is 11.1 Å². The lowest BCUT2D eigenvalue weighted by Gasteiger charge is -2.34. The first-order valence-corrected chi connectivity index (χ1v) is 9.82. The summed E-state index contributed by atoms with van der Waals surface area (Å²) in [4.78, 5) is 37.0. The normalized spacial score (nSPS) is 36.9. The topological polar surface area (TPSA) is 91.4 Å². The van der Waals surface area contributed by atoms with Crippen molar-refractivity contribution < 1.29 is 33.3 Å². The molecule has 0 aromatic heterocycles. The first-order chi connectivity index (χ1) is 13.5. The molecule has 158 valence electrons. The highest BCUT2D eigenvalue weighted by atomic mass is 16.7. The van der Waals surface area contributed by atoms with E-state index in [0.29, 0.717) is 12.8 Å². The Morgan fingerprint density at radius 2 is 1.90 bits per heavy atom. The predicted octanol–water partition coefficient (Wildman–Crippen LogP) is 2.79. The van der Waals surface area contributed by atoms with Gasteiger partial charge in [0.2, 0.25) is 0 Å². The maximum Gasteiger partial charge on any atom is 0.341 e. The Labute approximate surface area is 170 Å². The van der Waals surface area contributed by atoms with E-state index in [2.05, 4.69) is 6.58 Å². The average Bonchev–Trinajstić information content (AvgIpc) is 3.15. The summed E-state index contributed by atoms with van der Waals surface area (Å²) in [5, 5.41) is 0. The fourth-order valence-corrected chi connectivity index (χ4v) is 3.90. The molecule has 2 heterocycles. The number of allylic oxidation sites excluding steroid dienone is 2. The monoisotopic (exact) mass is 404 g/mol. The number of hydrogen-bond donors (Lipinski definition) is 0. The highest BCUT2D eigenvalue weighted by Gasteiger charge is 2.59. The first-order valence-electron chi connectivity index (χ1n) is 9.82. The highest BCUT2D eigenvalue weighted by Crippen LogP contribution is 2.42. The fourth-order valence-electron chi connectivity index (χ4n) is 3.90. The zero-order chi connectivity index (χ0) is 21.5. The van der Waals surface area contributed by atoms with Gasteiger partial charge in [-0.25, -0.2) is 9.59 Å². The van der Waals surface area contributed by atoms with Crippen LogP contribution in [-0.4, -0.2) is 47.9 Å². The Bertz CT molecular complexity index is 808. The second kappa shape index (κ2) is 7.78. The fraction of sp³-hybridized carbons (Fsp3) is 0.591. The Kier molecular flexibility index (Phi) is 5.72. The number of esters is 3. The molecule has 0 aromatic rings. The molecular formula is C22H28O7. The van der Waals surface area contributed by atoms with Gasteiger partial charge in [0.05, 0.1) is 12.0 Å². The van der Waals surface area contributed by atoms with E-state index >= 15 is 0 Å². The van der Waals surface area contributed by atoms with Crippen molar-refractivity contribution in [3.05, 3.63) is 35.5 Å². The van der Waals surface area contributed by atoms with E-state index in [4.69, 9.17) is 18.9 Å². The van der Waals surface area contributed by atoms with Gasteiger partial charge in [-0.15, -0.1) is 0 Å². The molecule has 0 N–H and O–H groups in total. The van der Waals surface area contributed by atoms with Crippen LogP contribution in [0.25, 0.3) is 0 Å². The van der Waals surface area contributed by atoms with Gasteiger partial charge in [0.25, 0.3) is 0 Å². The van der Waals surface area contributed by atoms with E-state index in [9.17, 15) is 14.4 Å². The number of fused-ring (bicyclic) bond motifs is 1. The second-order valence-electron chi connectivity index (χ2n) is 8.20. The summed E-state index contributed by atoms with van der Waals surface area (Å²) in [6, 6.07) is 0. The third kappa shape index (κ3) is 4.15. The number of hydrogen-bond acceptors (Lipinski definition) is 7. The summed E-state index contributed by atoms with van der Waals surface area (Å²) in [5.74, 6) is -2.24. The molecule has 1 aliphatic carbocycles. The molecule has 7 heteroatoms. The van der Waals surface area contributed by atoms with Crippen molar-refractivity contribution in [3.63, 3.8) is 0 Å². The summed E-state index contributed by atoms with van der Waals surface area (Å²) in [5.41, 5.74) is 0.934. The van der Waals surface area contributed by atoms with Crippen molar-refractivity contribution in [3.8, 4) is 0 Å². The highest BCUT2D eigenvalue weighted by molar-refractivity contribution is 5.91. The molecule has 3 rings (SSSR count). The van der Waals surface area contributed by atoms with Gasteiger partial charge in [-0.3, -0.25) is 4.79 Å². The minimum Gasteiger partial charge on any atom is -0.458 e. The number of carbonyl (C=O) groups excluding carboxylic acids is 3. The molecule has 2 aliphatic heterocycles. The third-order valence-corrected chi connectivity index (χ3v) is 5.94. The van der Waals surface area contributed by atoms with Crippen molar-refractivity contribution in [2.75, 3.05) is 0 Å². The van der Waals surface area contributed by atoms with E-state index in [1.54, 1.807) is 13.8 Å². The van der Waals surface area contributed by atoms with Crippen LogP contribution in [0.4, 0.5) is 0 Å². The number of epoxide rings is 1. The molecule has 0 bridgehead atoms. The Morgan fingerprint density at radius 3 is 2.48 bits per heavy atom. The molecule has 7 nitrogen and oxygen atoms in total. The van der Waals surface area contributed by atoms with Gasteiger partial charge in [-0.2, -0.15) is 0 Å². The molecule has 29 heavy (non-hydrogen) atoms. The van der Waals surface area contributed by atoms with Crippen molar-refractivity contribution in [1.82, 2.24) is 0 Å². The second-order valence-corrected chi connectivity index (χ2v) is 8.20. The third-order valence-electron chi connectivity index (χ3n) is 5.94. The summed E-state index contributed by atoms with van der Waals surface area (Å²) in [6.07, 6.45) is 2.42. The lowest BCUT2D eigenvalue weighted by Crippen LogP contribution is -2.46. The van der Waals surface area contributed by atoms with Gasteiger partial charge in [0.1, 0.15) is 6.10 Å². The maximum absolute atomic E-state index is 12.9. The van der Waals surface area contributed by atoms with Crippen molar-refractivity contribution in [1.29, 1.82) is 0 Å². The van der Waals surface area contributed by atoms with Crippen LogP contribution in [0, 0.1) is 5.92 Å². The van der Waals surface area contributed by atoms with Gasteiger partial charge in [-0.05, 0) is 39.7 Å². The minimum absolute atomic E-state index is 0.209. The van der Waals surface area contributed by atoms with Gasteiger partial charge >= 0.3 is 17.9 Å². The molecular weight excluding hydrogens is 376 g/mol. The smallest absolute Gasteiger partial charge is 0.341 e. The SMILES string of the molecule is C=C1C(=O)OC2CC(C)=CCC=C(C)C(OC(C)=O)C(OC(=O)C3(C)OC3C)C12. The average molecular weight is 404 g/mol. The Balaban J connectivity index is 2.04. The van der Waals surface area contributed by atoms with Crippen molar-refractivity contribution in [2.45, 2.75) is 77.5 Å². The first kappa shape index (κ1) is 21.3. The molecule has 0 saturated carbocycles. The summed E-state index contributed by atoms with van der Waals surface area (Å²) < 4.78 is 22.4. The van der Waals surface area contributed by atoms with Crippen LogP contribution in [0.2, 0.25) is 0 Å². The number of ether oxygens (including phenoxy) is 4.